The van der Waals surface area contributed by atoms with Gasteiger partial charge in [-0.3, -0.25) is 9.69 Å². The summed E-state index contributed by atoms with van der Waals surface area (Å²) in [6, 6.07) is 12.1. The fourth-order valence-electron chi connectivity index (χ4n) is 3.15. The van der Waals surface area contributed by atoms with Gasteiger partial charge in [0.1, 0.15) is 19.3 Å². The molecule has 6 nitrogen and oxygen atoms in total. The number of rotatable bonds is 4. The van der Waals surface area contributed by atoms with Gasteiger partial charge in [0, 0.05) is 6.42 Å². The highest BCUT2D eigenvalue weighted by atomic mass is 35.5. The van der Waals surface area contributed by atoms with Crippen molar-refractivity contribution in [2.24, 2.45) is 0 Å². The molecule has 0 saturated carbocycles. The number of fused-ring (bicyclic) bond motifs is 1. The predicted octanol–water partition coefficient (Wildman–Crippen LogP) is 2.77. The molecule has 134 valence electrons. The van der Waals surface area contributed by atoms with Crippen LogP contribution in [-0.4, -0.2) is 36.1 Å². The molecule has 2 aliphatic heterocycles. The number of hydrogen-bond donors (Lipinski definition) is 1. The van der Waals surface area contributed by atoms with E-state index >= 15 is 0 Å². The van der Waals surface area contributed by atoms with Gasteiger partial charge in [-0.05, 0) is 23.3 Å². The quantitative estimate of drug-likeness (QED) is 0.838. The van der Waals surface area contributed by atoms with Crippen molar-refractivity contribution in [2.45, 2.75) is 19.0 Å². The number of amides is 3. The molecule has 0 bridgehead atoms. The molecular weight excluding hydrogens is 356 g/mol. The maximum absolute atomic E-state index is 12.7. The van der Waals surface area contributed by atoms with Crippen molar-refractivity contribution >= 4 is 23.5 Å². The lowest BCUT2D eigenvalue weighted by Crippen LogP contribution is -2.32. The Morgan fingerprint density at radius 2 is 1.85 bits per heavy atom. The molecule has 4 rings (SSSR count). The van der Waals surface area contributed by atoms with Crippen LogP contribution in [0.5, 0.6) is 11.5 Å². The fourth-order valence-corrected chi connectivity index (χ4v) is 3.44. The van der Waals surface area contributed by atoms with E-state index in [2.05, 4.69) is 5.32 Å². The highest BCUT2D eigenvalue weighted by Gasteiger charge is 2.38. The van der Waals surface area contributed by atoms with Crippen molar-refractivity contribution in [1.29, 1.82) is 0 Å². The highest BCUT2D eigenvalue weighted by molar-refractivity contribution is 6.32. The number of nitrogens with zero attached hydrogens (tertiary/aromatic N) is 1. The Bertz CT molecular complexity index is 856. The number of ether oxygens (including phenoxy) is 2. The number of carbonyl (C=O) groups excluding carboxylic acids is 2. The third kappa shape index (κ3) is 3.20. The number of carbonyl (C=O) groups is 2. The first kappa shape index (κ1) is 16.7. The Hall–Kier alpha value is -2.73. The van der Waals surface area contributed by atoms with Gasteiger partial charge < -0.3 is 14.8 Å². The van der Waals surface area contributed by atoms with Gasteiger partial charge in [0.15, 0.2) is 11.5 Å². The van der Waals surface area contributed by atoms with E-state index in [0.29, 0.717) is 41.7 Å². The van der Waals surface area contributed by atoms with Gasteiger partial charge in [0.25, 0.3) is 5.91 Å². The molecule has 3 amide bonds. The number of hydrogen-bond acceptors (Lipinski definition) is 4. The second kappa shape index (κ2) is 6.88. The fraction of sp³-hybridized carbons (Fsp3) is 0.263. The van der Waals surface area contributed by atoms with Crippen LogP contribution < -0.4 is 14.8 Å². The Balaban J connectivity index is 1.51. The van der Waals surface area contributed by atoms with Crippen LogP contribution in [0.3, 0.4) is 0 Å². The van der Waals surface area contributed by atoms with Crippen molar-refractivity contribution in [3.05, 3.63) is 58.6 Å². The molecule has 0 aliphatic carbocycles. The second-order valence-electron chi connectivity index (χ2n) is 6.22. The third-order valence-electron chi connectivity index (χ3n) is 4.39. The monoisotopic (exact) mass is 372 g/mol. The zero-order valence-electron chi connectivity index (χ0n) is 13.9. The van der Waals surface area contributed by atoms with Crippen molar-refractivity contribution < 1.29 is 19.1 Å². The van der Waals surface area contributed by atoms with Gasteiger partial charge in [-0.25, -0.2) is 4.79 Å². The molecule has 26 heavy (non-hydrogen) atoms. The van der Waals surface area contributed by atoms with E-state index in [1.807, 2.05) is 30.3 Å². The molecule has 7 heteroatoms. The van der Waals surface area contributed by atoms with Crippen LogP contribution in [0.2, 0.25) is 5.02 Å². The lowest BCUT2D eigenvalue weighted by Gasteiger charge is -2.21. The second-order valence-corrected chi connectivity index (χ2v) is 6.63. The zero-order chi connectivity index (χ0) is 18.1. The van der Waals surface area contributed by atoms with E-state index in [-0.39, 0.29) is 12.5 Å². The minimum Gasteiger partial charge on any atom is -0.486 e. The first-order valence-electron chi connectivity index (χ1n) is 8.35. The summed E-state index contributed by atoms with van der Waals surface area (Å²) in [5.41, 5.74) is 1.71. The van der Waals surface area contributed by atoms with E-state index in [4.69, 9.17) is 21.1 Å². The maximum Gasteiger partial charge on any atom is 0.325 e. The molecule has 2 aromatic carbocycles. The molecule has 0 spiro atoms. The van der Waals surface area contributed by atoms with Gasteiger partial charge in [0.2, 0.25) is 0 Å². The molecule has 0 aromatic heterocycles. The van der Waals surface area contributed by atoms with Crippen LogP contribution >= 0.6 is 11.6 Å². The minimum absolute atomic E-state index is 0.131. The largest absolute Gasteiger partial charge is 0.486 e. The van der Waals surface area contributed by atoms with Gasteiger partial charge >= 0.3 is 6.03 Å². The smallest absolute Gasteiger partial charge is 0.325 e. The summed E-state index contributed by atoms with van der Waals surface area (Å²) >= 11 is 6.23. The molecule has 2 heterocycles. The van der Waals surface area contributed by atoms with Crippen LogP contribution in [-0.2, 0) is 17.8 Å². The molecule has 0 radical (unpaired) electrons. The Labute approximate surface area is 155 Å². The molecule has 1 saturated heterocycles. The Morgan fingerprint density at radius 1 is 1.08 bits per heavy atom. The standard InChI is InChI=1S/C19H17ClN2O4/c20-14-8-13(10-16-17(14)26-7-6-25-16)11-22-18(23)15(21-19(22)24)9-12-4-2-1-3-5-12/h1-5,8,10,15H,6-7,9,11H2,(H,21,24)/t15-/m0/s1. The highest BCUT2D eigenvalue weighted by Crippen LogP contribution is 2.38. The van der Waals surface area contributed by atoms with E-state index in [0.717, 1.165) is 5.56 Å². The topological polar surface area (TPSA) is 67.9 Å². The zero-order valence-corrected chi connectivity index (χ0v) is 14.7. The average molecular weight is 373 g/mol. The summed E-state index contributed by atoms with van der Waals surface area (Å²) in [4.78, 5) is 26.1. The van der Waals surface area contributed by atoms with Crippen LogP contribution in [0.15, 0.2) is 42.5 Å². The van der Waals surface area contributed by atoms with Gasteiger partial charge in [-0.15, -0.1) is 0 Å². The lowest BCUT2D eigenvalue weighted by molar-refractivity contribution is -0.127. The molecular formula is C19H17ClN2O4. The van der Waals surface area contributed by atoms with E-state index in [9.17, 15) is 9.59 Å². The first-order chi connectivity index (χ1) is 12.6. The van der Waals surface area contributed by atoms with Gasteiger partial charge in [0.05, 0.1) is 11.6 Å². The predicted molar refractivity (Wildman–Crippen MR) is 95.5 cm³/mol. The van der Waals surface area contributed by atoms with Crippen LogP contribution in [0.25, 0.3) is 0 Å². The number of nitrogens with one attached hydrogen (secondary N) is 1. The molecule has 2 aliphatic rings. The lowest BCUT2D eigenvalue weighted by atomic mass is 10.1. The van der Waals surface area contributed by atoms with Gasteiger partial charge in [-0.2, -0.15) is 0 Å². The number of urea groups is 1. The van der Waals surface area contributed by atoms with E-state index < -0.39 is 12.1 Å². The number of halogens is 1. The summed E-state index contributed by atoms with van der Waals surface area (Å²) in [6.07, 6.45) is 0.462. The maximum atomic E-state index is 12.7. The van der Waals surface area contributed by atoms with Crippen molar-refractivity contribution in [3.63, 3.8) is 0 Å². The molecule has 2 aromatic rings. The summed E-state index contributed by atoms with van der Waals surface area (Å²) in [5, 5.41) is 3.16. The van der Waals surface area contributed by atoms with Crippen molar-refractivity contribution in [1.82, 2.24) is 10.2 Å². The van der Waals surface area contributed by atoms with Crippen molar-refractivity contribution in [3.8, 4) is 11.5 Å². The molecule has 1 fully saturated rings. The third-order valence-corrected chi connectivity index (χ3v) is 4.67. The number of benzene rings is 2. The summed E-state index contributed by atoms with van der Waals surface area (Å²) in [7, 11) is 0. The SMILES string of the molecule is O=C1N[C@@H](Cc2ccccc2)C(=O)N1Cc1cc(Cl)c2c(c1)OCCO2. The van der Waals surface area contributed by atoms with E-state index in [1.54, 1.807) is 12.1 Å². The summed E-state index contributed by atoms with van der Waals surface area (Å²) in [6.45, 7) is 1.02. The van der Waals surface area contributed by atoms with Crippen LogP contribution in [0.4, 0.5) is 4.79 Å². The summed E-state index contributed by atoms with van der Waals surface area (Å²) < 4.78 is 11.0. The Morgan fingerprint density at radius 3 is 2.65 bits per heavy atom. The van der Waals surface area contributed by atoms with Crippen LogP contribution in [0.1, 0.15) is 11.1 Å². The van der Waals surface area contributed by atoms with E-state index in [1.165, 1.54) is 4.90 Å². The normalized spacial score (nSPS) is 18.8. The molecule has 0 unspecified atom stereocenters. The average Bonchev–Trinajstić information content (AvgIpc) is 2.90. The van der Waals surface area contributed by atoms with Crippen LogP contribution in [0, 0.1) is 0 Å². The van der Waals surface area contributed by atoms with Crippen molar-refractivity contribution in [2.75, 3.05) is 13.2 Å². The van der Waals surface area contributed by atoms with Gasteiger partial charge in [-0.1, -0.05) is 41.9 Å². The number of imide groups is 1. The molecule has 1 atom stereocenters. The summed E-state index contributed by atoms with van der Waals surface area (Å²) in [5.74, 6) is 0.789. The molecule has 1 N–H and O–H groups in total. The Kier molecular flexibility index (Phi) is 4.42. The first-order valence-corrected chi connectivity index (χ1v) is 8.73. The minimum atomic E-state index is -0.558.